The van der Waals surface area contributed by atoms with Crippen LogP contribution in [0.5, 0.6) is 0 Å². The topological polar surface area (TPSA) is 46.3 Å². The van der Waals surface area contributed by atoms with Crippen LogP contribution in [0.2, 0.25) is 0 Å². The lowest BCUT2D eigenvalue weighted by Gasteiger charge is -2.23. The summed E-state index contributed by atoms with van der Waals surface area (Å²) in [7, 11) is 1.69. The van der Waals surface area contributed by atoms with Gasteiger partial charge in [0.2, 0.25) is 5.91 Å². The fourth-order valence-electron chi connectivity index (χ4n) is 1.41. The molecule has 1 amide bonds. The van der Waals surface area contributed by atoms with Crippen LogP contribution in [0.3, 0.4) is 0 Å². The van der Waals surface area contributed by atoms with Gasteiger partial charge in [-0.25, -0.2) is 8.78 Å². The van der Waals surface area contributed by atoms with Crippen molar-refractivity contribution in [3.8, 4) is 0 Å². The van der Waals surface area contributed by atoms with Gasteiger partial charge in [-0.3, -0.25) is 9.69 Å². The summed E-state index contributed by atoms with van der Waals surface area (Å²) in [4.78, 5) is 12.4. The molecule has 1 aromatic carbocycles. The molecule has 0 aromatic heterocycles. The number of benzene rings is 1. The van der Waals surface area contributed by atoms with Gasteiger partial charge in [-0.1, -0.05) is 6.07 Å². The van der Waals surface area contributed by atoms with E-state index in [2.05, 4.69) is 0 Å². The second kappa shape index (κ2) is 5.03. The van der Waals surface area contributed by atoms with Crippen LogP contribution in [-0.2, 0) is 4.79 Å². The highest BCUT2D eigenvalue weighted by Crippen LogP contribution is 2.20. The Labute approximate surface area is 92.8 Å². The zero-order valence-electron chi connectivity index (χ0n) is 9.21. The Bertz CT molecular complexity index is 396. The van der Waals surface area contributed by atoms with Gasteiger partial charge in [0.1, 0.15) is 0 Å². The maximum absolute atomic E-state index is 13.0. The number of halogens is 2. The zero-order chi connectivity index (χ0) is 12.3. The van der Waals surface area contributed by atoms with E-state index < -0.39 is 17.5 Å². The standard InChI is InChI=1S/C11H14F2N2O/c1-7(15(2)6-11(14)16)8-3-4-9(12)10(13)5-8/h3-5,7H,6H2,1-2H3,(H2,14,16). The molecule has 0 saturated heterocycles. The smallest absolute Gasteiger partial charge is 0.231 e. The van der Waals surface area contributed by atoms with Crippen molar-refractivity contribution in [2.75, 3.05) is 13.6 Å². The monoisotopic (exact) mass is 228 g/mol. The number of carbonyl (C=O) groups is 1. The van der Waals surface area contributed by atoms with E-state index in [-0.39, 0.29) is 12.6 Å². The number of carbonyl (C=O) groups excluding carboxylic acids is 1. The first-order chi connectivity index (χ1) is 7.41. The Morgan fingerprint density at radius 3 is 2.56 bits per heavy atom. The summed E-state index contributed by atoms with van der Waals surface area (Å²) in [5.74, 6) is -2.23. The molecule has 1 unspecified atom stereocenters. The summed E-state index contributed by atoms with van der Waals surface area (Å²) in [6.45, 7) is 1.86. The van der Waals surface area contributed by atoms with Crippen LogP contribution in [0, 0.1) is 11.6 Å². The van der Waals surface area contributed by atoms with Crippen molar-refractivity contribution >= 4 is 5.91 Å². The number of rotatable bonds is 4. The molecule has 0 fully saturated rings. The zero-order valence-corrected chi connectivity index (χ0v) is 9.21. The average Bonchev–Trinajstić information content (AvgIpc) is 2.20. The summed E-state index contributed by atoms with van der Waals surface area (Å²) in [5.41, 5.74) is 5.65. The second-order valence-corrected chi connectivity index (χ2v) is 3.73. The Morgan fingerprint density at radius 2 is 2.06 bits per heavy atom. The van der Waals surface area contributed by atoms with Crippen molar-refractivity contribution in [1.82, 2.24) is 4.90 Å². The second-order valence-electron chi connectivity index (χ2n) is 3.73. The quantitative estimate of drug-likeness (QED) is 0.847. The van der Waals surface area contributed by atoms with Crippen LogP contribution < -0.4 is 5.73 Å². The highest BCUT2D eigenvalue weighted by atomic mass is 19.2. The molecule has 0 aliphatic carbocycles. The van der Waals surface area contributed by atoms with Crippen molar-refractivity contribution in [1.29, 1.82) is 0 Å². The average molecular weight is 228 g/mol. The van der Waals surface area contributed by atoms with Crippen molar-refractivity contribution in [3.63, 3.8) is 0 Å². The molecular weight excluding hydrogens is 214 g/mol. The molecule has 2 N–H and O–H groups in total. The number of amides is 1. The van der Waals surface area contributed by atoms with Crippen LogP contribution in [0.25, 0.3) is 0 Å². The van der Waals surface area contributed by atoms with Crippen LogP contribution in [0.1, 0.15) is 18.5 Å². The van der Waals surface area contributed by atoms with Gasteiger partial charge in [0.05, 0.1) is 6.54 Å². The van der Waals surface area contributed by atoms with Gasteiger partial charge in [0.25, 0.3) is 0 Å². The van der Waals surface area contributed by atoms with Crippen LogP contribution in [0.15, 0.2) is 18.2 Å². The third-order valence-corrected chi connectivity index (χ3v) is 2.49. The minimum atomic E-state index is -0.892. The molecule has 0 radical (unpaired) electrons. The fourth-order valence-corrected chi connectivity index (χ4v) is 1.41. The first-order valence-electron chi connectivity index (χ1n) is 4.85. The van der Waals surface area contributed by atoms with Crippen molar-refractivity contribution < 1.29 is 13.6 Å². The summed E-state index contributed by atoms with van der Waals surface area (Å²) >= 11 is 0. The molecule has 0 bridgehead atoms. The molecule has 1 aromatic rings. The molecule has 1 rings (SSSR count). The molecule has 5 heteroatoms. The Hall–Kier alpha value is -1.49. The molecular formula is C11H14F2N2O. The van der Waals surface area contributed by atoms with Crippen molar-refractivity contribution in [3.05, 3.63) is 35.4 Å². The van der Waals surface area contributed by atoms with Crippen LogP contribution >= 0.6 is 0 Å². The minimum absolute atomic E-state index is 0.0696. The van der Waals surface area contributed by atoms with Gasteiger partial charge < -0.3 is 5.73 Å². The van der Waals surface area contributed by atoms with E-state index in [1.165, 1.54) is 6.07 Å². The van der Waals surface area contributed by atoms with Gasteiger partial charge in [0, 0.05) is 6.04 Å². The summed E-state index contributed by atoms with van der Waals surface area (Å²) < 4.78 is 25.7. The van der Waals surface area contributed by atoms with E-state index in [1.807, 2.05) is 0 Å². The molecule has 3 nitrogen and oxygen atoms in total. The van der Waals surface area contributed by atoms with Crippen molar-refractivity contribution in [2.45, 2.75) is 13.0 Å². The third-order valence-electron chi connectivity index (χ3n) is 2.49. The lowest BCUT2D eigenvalue weighted by atomic mass is 10.1. The van der Waals surface area contributed by atoms with E-state index in [0.717, 1.165) is 12.1 Å². The Balaban J connectivity index is 2.83. The van der Waals surface area contributed by atoms with E-state index in [1.54, 1.807) is 18.9 Å². The lowest BCUT2D eigenvalue weighted by Crippen LogP contribution is -2.32. The number of hydrogen-bond donors (Lipinski definition) is 1. The van der Waals surface area contributed by atoms with Crippen LogP contribution in [-0.4, -0.2) is 24.4 Å². The van der Waals surface area contributed by atoms with Crippen LogP contribution in [0.4, 0.5) is 8.78 Å². The molecule has 0 aliphatic rings. The SMILES string of the molecule is CC(c1ccc(F)c(F)c1)N(C)CC(N)=O. The molecule has 0 aliphatic heterocycles. The molecule has 0 spiro atoms. The van der Waals surface area contributed by atoms with Gasteiger partial charge in [-0.15, -0.1) is 0 Å². The summed E-state index contributed by atoms with van der Waals surface area (Å²) in [6.07, 6.45) is 0. The highest BCUT2D eigenvalue weighted by Gasteiger charge is 2.15. The van der Waals surface area contributed by atoms with E-state index in [4.69, 9.17) is 5.73 Å². The highest BCUT2D eigenvalue weighted by molar-refractivity contribution is 5.75. The maximum atomic E-state index is 13.0. The number of nitrogens with two attached hydrogens (primary N) is 1. The summed E-state index contributed by atoms with van der Waals surface area (Å²) in [5, 5.41) is 0. The van der Waals surface area contributed by atoms with E-state index in [9.17, 15) is 13.6 Å². The summed E-state index contributed by atoms with van der Waals surface area (Å²) in [6, 6.07) is 3.47. The Kier molecular flexibility index (Phi) is 3.95. The van der Waals surface area contributed by atoms with Gasteiger partial charge in [0.15, 0.2) is 11.6 Å². The molecule has 0 heterocycles. The lowest BCUT2D eigenvalue weighted by molar-refractivity contribution is -0.119. The first-order valence-corrected chi connectivity index (χ1v) is 4.85. The molecule has 1 atom stereocenters. The number of likely N-dealkylation sites (N-methyl/N-ethyl adjacent to an activating group) is 1. The molecule has 88 valence electrons. The maximum Gasteiger partial charge on any atom is 0.231 e. The number of hydrogen-bond acceptors (Lipinski definition) is 2. The first kappa shape index (κ1) is 12.6. The predicted octanol–water partition coefficient (Wildman–Crippen LogP) is 1.44. The number of primary amides is 1. The minimum Gasteiger partial charge on any atom is -0.369 e. The largest absolute Gasteiger partial charge is 0.369 e. The fraction of sp³-hybridized carbons (Fsp3) is 0.364. The molecule has 16 heavy (non-hydrogen) atoms. The van der Waals surface area contributed by atoms with E-state index in [0.29, 0.717) is 5.56 Å². The molecule has 0 saturated carbocycles. The Morgan fingerprint density at radius 1 is 1.44 bits per heavy atom. The van der Waals surface area contributed by atoms with Gasteiger partial charge in [-0.2, -0.15) is 0 Å². The predicted molar refractivity (Wildman–Crippen MR) is 56.6 cm³/mol. The number of nitrogens with zero attached hydrogens (tertiary/aromatic N) is 1. The van der Waals surface area contributed by atoms with Gasteiger partial charge >= 0.3 is 0 Å². The third kappa shape index (κ3) is 3.00. The normalized spacial score (nSPS) is 12.8. The van der Waals surface area contributed by atoms with E-state index >= 15 is 0 Å². The van der Waals surface area contributed by atoms with Crippen molar-refractivity contribution in [2.24, 2.45) is 5.73 Å². The van der Waals surface area contributed by atoms with Gasteiger partial charge in [-0.05, 0) is 31.7 Å².